The minimum Gasteiger partial charge on any atom is -0.491 e. The van der Waals surface area contributed by atoms with E-state index in [9.17, 15) is 0 Å². The van der Waals surface area contributed by atoms with Gasteiger partial charge in [-0.05, 0) is 42.6 Å². The van der Waals surface area contributed by atoms with Gasteiger partial charge in [-0.2, -0.15) is 0 Å². The maximum absolute atomic E-state index is 5.96. The number of para-hydroxylation sites is 1. The zero-order valence-corrected chi connectivity index (χ0v) is 13.4. The molecular formula is C19H25NO. The van der Waals surface area contributed by atoms with E-state index in [1.165, 1.54) is 16.7 Å². The first-order chi connectivity index (χ1) is 10.1. The molecule has 0 heterocycles. The third kappa shape index (κ3) is 4.08. The fraction of sp³-hybridized carbons (Fsp3) is 0.368. The lowest BCUT2D eigenvalue weighted by atomic mass is 9.99. The van der Waals surface area contributed by atoms with Gasteiger partial charge in [-0.15, -0.1) is 0 Å². The van der Waals surface area contributed by atoms with Crippen LogP contribution in [0.3, 0.4) is 0 Å². The summed E-state index contributed by atoms with van der Waals surface area (Å²) in [7, 11) is 1.97. The van der Waals surface area contributed by atoms with Crippen LogP contribution in [-0.4, -0.2) is 13.7 Å². The molecule has 0 amide bonds. The highest BCUT2D eigenvalue weighted by atomic mass is 16.5. The van der Waals surface area contributed by atoms with Gasteiger partial charge in [0.05, 0.1) is 6.04 Å². The molecule has 0 spiro atoms. The van der Waals surface area contributed by atoms with Gasteiger partial charge in [0.2, 0.25) is 0 Å². The summed E-state index contributed by atoms with van der Waals surface area (Å²) in [6.45, 7) is 7.13. The number of likely N-dealkylation sites (N-methyl/N-ethyl adjacent to an activating group) is 1. The highest BCUT2D eigenvalue weighted by molar-refractivity contribution is 5.32. The third-order valence-electron chi connectivity index (χ3n) is 3.85. The first-order valence-corrected chi connectivity index (χ1v) is 7.57. The van der Waals surface area contributed by atoms with Gasteiger partial charge in [0.25, 0.3) is 0 Å². The molecule has 1 unspecified atom stereocenters. The third-order valence-corrected chi connectivity index (χ3v) is 3.85. The fourth-order valence-electron chi connectivity index (χ4n) is 2.35. The van der Waals surface area contributed by atoms with Gasteiger partial charge in [0.15, 0.2) is 0 Å². The van der Waals surface area contributed by atoms with E-state index in [2.05, 4.69) is 56.4 Å². The average molecular weight is 283 g/mol. The Labute approximate surface area is 128 Å². The van der Waals surface area contributed by atoms with Crippen molar-refractivity contribution in [3.63, 3.8) is 0 Å². The maximum Gasteiger partial charge on any atom is 0.122 e. The van der Waals surface area contributed by atoms with Crippen LogP contribution in [-0.2, 0) is 0 Å². The van der Waals surface area contributed by atoms with Gasteiger partial charge in [-0.1, -0.05) is 56.3 Å². The monoisotopic (exact) mass is 283 g/mol. The molecule has 0 aliphatic rings. The number of hydrogen-bond donors (Lipinski definition) is 1. The highest BCUT2D eigenvalue weighted by Crippen LogP contribution is 2.21. The summed E-state index contributed by atoms with van der Waals surface area (Å²) in [4.78, 5) is 0. The summed E-state index contributed by atoms with van der Waals surface area (Å²) in [6, 6.07) is 17.1. The molecule has 2 aromatic rings. The Kier molecular flexibility index (Phi) is 5.40. The van der Waals surface area contributed by atoms with E-state index in [-0.39, 0.29) is 6.04 Å². The lowest BCUT2D eigenvalue weighted by molar-refractivity contribution is 0.271. The van der Waals surface area contributed by atoms with Crippen molar-refractivity contribution in [2.24, 2.45) is 0 Å². The summed E-state index contributed by atoms with van der Waals surface area (Å²) < 4.78 is 5.96. The lowest BCUT2D eigenvalue weighted by Gasteiger charge is -2.19. The number of nitrogens with one attached hydrogen (secondary N) is 1. The van der Waals surface area contributed by atoms with E-state index < -0.39 is 0 Å². The topological polar surface area (TPSA) is 21.3 Å². The van der Waals surface area contributed by atoms with Crippen molar-refractivity contribution in [2.45, 2.75) is 32.7 Å². The SMILES string of the molecule is CNC(COc1ccccc1C)c1ccc(C(C)C)cc1. The van der Waals surface area contributed by atoms with Gasteiger partial charge in [-0.3, -0.25) is 0 Å². The predicted molar refractivity (Wildman–Crippen MR) is 89.0 cm³/mol. The van der Waals surface area contributed by atoms with Crippen molar-refractivity contribution in [3.8, 4) is 5.75 Å². The molecule has 0 saturated carbocycles. The van der Waals surface area contributed by atoms with Crippen LogP contribution in [0.4, 0.5) is 0 Å². The first kappa shape index (κ1) is 15.6. The minimum atomic E-state index is 0.200. The van der Waals surface area contributed by atoms with Crippen LogP contribution in [0.1, 0.15) is 42.5 Å². The van der Waals surface area contributed by atoms with Crippen LogP contribution in [0, 0.1) is 6.92 Å². The van der Waals surface area contributed by atoms with E-state index in [0.29, 0.717) is 12.5 Å². The molecule has 0 fully saturated rings. The molecule has 2 rings (SSSR count). The van der Waals surface area contributed by atoms with Crippen molar-refractivity contribution in [3.05, 3.63) is 65.2 Å². The summed E-state index contributed by atoms with van der Waals surface area (Å²) in [5.41, 5.74) is 3.80. The molecule has 0 aliphatic carbocycles. The molecule has 0 aromatic heterocycles. The van der Waals surface area contributed by atoms with Gasteiger partial charge < -0.3 is 10.1 Å². The second-order valence-electron chi connectivity index (χ2n) is 5.74. The number of aryl methyl sites for hydroxylation is 1. The number of ether oxygens (including phenoxy) is 1. The van der Waals surface area contributed by atoms with Crippen LogP contribution in [0.15, 0.2) is 48.5 Å². The predicted octanol–water partition coefficient (Wildman–Crippen LogP) is 4.46. The van der Waals surface area contributed by atoms with Crippen LogP contribution in [0.5, 0.6) is 5.75 Å². The number of benzene rings is 2. The average Bonchev–Trinajstić information content (AvgIpc) is 2.50. The largest absolute Gasteiger partial charge is 0.491 e. The van der Waals surface area contributed by atoms with Crippen molar-refractivity contribution in [1.29, 1.82) is 0 Å². The number of rotatable bonds is 6. The summed E-state index contributed by atoms with van der Waals surface area (Å²) in [5.74, 6) is 1.52. The molecular weight excluding hydrogens is 258 g/mol. The molecule has 0 aliphatic heterocycles. The van der Waals surface area contributed by atoms with Crippen LogP contribution in [0.25, 0.3) is 0 Å². The molecule has 2 aromatic carbocycles. The van der Waals surface area contributed by atoms with Gasteiger partial charge in [0.1, 0.15) is 12.4 Å². The van der Waals surface area contributed by atoms with E-state index >= 15 is 0 Å². The van der Waals surface area contributed by atoms with Gasteiger partial charge in [0, 0.05) is 0 Å². The van der Waals surface area contributed by atoms with E-state index in [4.69, 9.17) is 4.74 Å². The summed E-state index contributed by atoms with van der Waals surface area (Å²) >= 11 is 0. The second-order valence-corrected chi connectivity index (χ2v) is 5.74. The smallest absolute Gasteiger partial charge is 0.122 e. The zero-order valence-electron chi connectivity index (χ0n) is 13.4. The van der Waals surface area contributed by atoms with Crippen LogP contribution in [0.2, 0.25) is 0 Å². The van der Waals surface area contributed by atoms with E-state index in [1.807, 2.05) is 25.2 Å². The Bertz CT molecular complexity index is 560. The molecule has 2 nitrogen and oxygen atoms in total. The first-order valence-electron chi connectivity index (χ1n) is 7.57. The quantitative estimate of drug-likeness (QED) is 0.845. The molecule has 1 atom stereocenters. The molecule has 0 saturated heterocycles. The Morgan fingerprint density at radius 3 is 2.14 bits per heavy atom. The Morgan fingerprint density at radius 2 is 1.57 bits per heavy atom. The standard InChI is InChI=1S/C19H25NO/c1-14(2)16-9-11-17(12-10-16)18(20-4)13-21-19-8-6-5-7-15(19)3/h5-12,14,18,20H,13H2,1-4H3. The number of hydrogen-bond acceptors (Lipinski definition) is 2. The molecule has 2 heteroatoms. The lowest BCUT2D eigenvalue weighted by Crippen LogP contribution is -2.23. The van der Waals surface area contributed by atoms with Crippen molar-refractivity contribution >= 4 is 0 Å². The summed E-state index contributed by atoms with van der Waals surface area (Å²) in [5, 5.41) is 3.33. The van der Waals surface area contributed by atoms with Crippen LogP contribution >= 0.6 is 0 Å². The maximum atomic E-state index is 5.96. The molecule has 0 bridgehead atoms. The Balaban J connectivity index is 2.04. The summed E-state index contributed by atoms with van der Waals surface area (Å²) in [6.07, 6.45) is 0. The molecule has 1 N–H and O–H groups in total. The fourth-order valence-corrected chi connectivity index (χ4v) is 2.35. The van der Waals surface area contributed by atoms with Gasteiger partial charge in [-0.25, -0.2) is 0 Å². The zero-order chi connectivity index (χ0) is 15.2. The highest BCUT2D eigenvalue weighted by Gasteiger charge is 2.11. The van der Waals surface area contributed by atoms with Crippen molar-refractivity contribution < 1.29 is 4.74 Å². The van der Waals surface area contributed by atoms with Gasteiger partial charge >= 0.3 is 0 Å². The second kappa shape index (κ2) is 7.28. The van der Waals surface area contributed by atoms with Crippen molar-refractivity contribution in [1.82, 2.24) is 5.32 Å². The Morgan fingerprint density at radius 1 is 0.952 bits per heavy atom. The van der Waals surface area contributed by atoms with Crippen molar-refractivity contribution in [2.75, 3.05) is 13.7 Å². The Hall–Kier alpha value is -1.80. The molecule has 112 valence electrons. The molecule has 0 radical (unpaired) electrons. The minimum absolute atomic E-state index is 0.200. The molecule has 21 heavy (non-hydrogen) atoms. The van der Waals surface area contributed by atoms with E-state index in [1.54, 1.807) is 0 Å². The van der Waals surface area contributed by atoms with E-state index in [0.717, 1.165) is 5.75 Å². The normalized spacial score (nSPS) is 12.4. The van der Waals surface area contributed by atoms with Crippen LogP contribution < -0.4 is 10.1 Å².